The van der Waals surface area contributed by atoms with Crippen molar-refractivity contribution in [1.82, 2.24) is 10.6 Å². The predicted octanol–water partition coefficient (Wildman–Crippen LogP) is 3.56. The normalized spacial score (nSPS) is 18.9. The standard InChI is InChI=1S/C16H20N2O2S.C2H6.2H2/c1-16(21)14(4-3-10-18-16)15(19)17-11-9-12-5-7-13(20-2)8-6-12;1-2;;/h3-8,10,18,21H,9,11H2,1-2H3,(H,17,19);1-2H3;2*1H. The Morgan fingerprint density at radius 2 is 2.00 bits per heavy atom. The third-order valence-corrected chi connectivity index (χ3v) is 3.72. The Hall–Kier alpha value is -1.88. The van der Waals surface area contributed by atoms with Gasteiger partial charge in [0, 0.05) is 9.40 Å². The summed E-state index contributed by atoms with van der Waals surface area (Å²) in [6, 6.07) is 7.83. The minimum Gasteiger partial charge on any atom is -0.497 e. The van der Waals surface area contributed by atoms with Crippen LogP contribution in [0.4, 0.5) is 0 Å². The molecule has 0 bridgehead atoms. The lowest BCUT2D eigenvalue weighted by Gasteiger charge is -2.29. The fraction of sp³-hybridized carbons (Fsp3) is 0.389. The number of dihydropyridines is 1. The largest absolute Gasteiger partial charge is 0.497 e. The van der Waals surface area contributed by atoms with Crippen LogP contribution >= 0.6 is 12.6 Å². The van der Waals surface area contributed by atoms with Crippen molar-refractivity contribution in [2.45, 2.75) is 32.1 Å². The van der Waals surface area contributed by atoms with Gasteiger partial charge in [-0.1, -0.05) is 26.0 Å². The SMILES string of the molecule is CC.COc1ccc(CCNC(=O)C2=CC=CNC2(C)S)cc1.[HH].[HH]. The van der Waals surface area contributed by atoms with Crippen molar-refractivity contribution in [3.63, 3.8) is 0 Å². The van der Waals surface area contributed by atoms with Gasteiger partial charge >= 0.3 is 0 Å². The van der Waals surface area contributed by atoms with Crippen molar-refractivity contribution in [2.24, 2.45) is 0 Å². The second-order valence-electron chi connectivity index (χ2n) is 5.01. The van der Waals surface area contributed by atoms with Gasteiger partial charge in [-0.3, -0.25) is 4.79 Å². The average Bonchev–Trinajstić information content (AvgIpc) is 2.57. The fourth-order valence-corrected chi connectivity index (χ4v) is 2.35. The summed E-state index contributed by atoms with van der Waals surface area (Å²) in [5.74, 6) is 0.733. The quantitative estimate of drug-likeness (QED) is 0.720. The first-order valence-electron chi connectivity index (χ1n) is 7.81. The lowest BCUT2D eigenvalue weighted by molar-refractivity contribution is -0.117. The highest BCUT2D eigenvalue weighted by Crippen LogP contribution is 2.23. The van der Waals surface area contributed by atoms with Crippen LogP contribution in [0.1, 0.15) is 29.2 Å². The minimum atomic E-state index is -0.640. The summed E-state index contributed by atoms with van der Waals surface area (Å²) in [4.78, 5) is 11.5. The number of carbonyl (C=O) groups is 1. The summed E-state index contributed by atoms with van der Waals surface area (Å²) in [7, 11) is 1.64. The zero-order valence-electron chi connectivity index (χ0n) is 14.2. The number of amides is 1. The van der Waals surface area contributed by atoms with Gasteiger partial charge in [0.1, 0.15) is 10.6 Å². The molecule has 4 nitrogen and oxygen atoms in total. The average molecular weight is 339 g/mol. The van der Waals surface area contributed by atoms with Gasteiger partial charge in [-0.05, 0) is 49.4 Å². The first-order valence-corrected chi connectivity index (χ1v) is 8.26. The summed E-state index contributed by atoms with van der Waals surface area (Å²) in [6.07, 6.45) is 6.14. The summed E-state index contributed by atoms with van der Waals surface area (Å²) < 4.78 is 5.12. The number of allylic oxidation sites excluding steroid dienone is 2. The molecule has 1 atom stereocenters. The lowest BCUT2D eigenvalue weighted by atomic mass is 10.0. The molecule has 0 spiro atoms. The van der Waals surface area contributed by atoms with E-state index in [1.54, 1.807) is 25.5 Å². The number of benzene rings is 1. The van der Waals surface area contributed by atoms with Crippen LogP contribution in [0.3, 0.4) is 0 Å². The van der Waals surface area contributed by atoms with Gasteiger partial charge in [-0.25, -0.2) is 0 Å². The molecule has 1 unspecified atom stereocenters. The number of hydrogen-bond acceptors (Lipinski definition) is 4. The Morgan fingerprint density at radius 3 is 2.57 bits per heavy atom. The summed E-state index contributed by atoms with van der Waals surface area (Å²) in [5.41, 5.74) is 1.77. The highest BCUT2D eigenvalue weighted by Gasteiger charge is 2.29. The molecule has 1 aromatic carbocycles. The maximum Gasteiger partial charge on any atom is 0.250 e. The van der Waals surface area contributed by atoms with E-state index < -0.39 is 4.87 Å². The van der Waals surface area contributed by atoms with Gasteiger partial charge in [-0.2, -0.15) is 0 Å². The van der Waals surface area contributed by atoms with Crippen LogP contribution in [0.2, 0.25) is 0 Å². The molecule has 2 rings (SSSR count). The van der Waals surface area contributed by atoms with Crippen LogP contribution in [-0.4, -0.2) is 24.4 Å². The van der Waals surface area contributed by atoms with E-state index in [-0.39, 0.29) is 8.76 Å². The predicted molar refractivity (Wildman–Crippen MR) is 103 cm³/mol. The van der Waals surface area contributed by atoms with E-state index in [1.807, 2.05) is 45.0 Å². The first-order chi connectivity index (χ1) is 11.0. The van der Waals surface area contributed by atoms with Gasteiger partial charge in [0.15, 0.2) is 0 Å². The van der Waals surface area contributed by atoms with E-state index >= 15 is 0 Å². The molecule has 1 aliphatic rings. The Labute approximate surface area is 147 Å². The molecule has 130 valence electrons. The molecule has 0 saturated heterocycles. The second-order valence-corrected chi connectivity index (χ2v) is 5.90. The van der Waals surface area contributed by atoms with E-state index in [9.17, 15) is 4.79 Å². The Balaban J connectivity index is 0. The van der Waals surface area contributed by atoms with E-state index in [0.717, 1.165) is 17.7 Å². The van der Waals surface area contributed by atoms with Crippen molar-refractivity contribution in [3.05, 3.63) is 53.8 Å². The Morgan fingerprint density at radius 1 is 1.35 bits per heavy atom. The maximum absolute atomic E-state index is 12.2. The number of ether oxygens (including phenoxy) is 1. The van der Waals surface area contributed by atoms with Crippen LogP contribution < -0.4 is 15.4 Å². The molecule has 0 aliphatic carbocycles. The van der Waals surface area contributed by atoms with Crippen molar-refractivity contribution in [2.75, 3.05) is 13.7 Å². The summed E-state index contributed by atoms with van der Waals surface area (Å²) in [5, 5.41) is 5.97. The number of thiol groups is 1. The molecule has 5 heteroatoms. The zero-order valence-corrected chi connectivity index (χ0v) is 15.1. The summed E-state index contributed by atoms with van der Waals surface area (Å²) >= 11 is 4.46. The topological polar surface area (TPSA) is 50.4 Å². The molecule has 23 heavy (non-hydrogen) atoms. The molecule has 0 radical (unpaired) electrons. The third kappa shape index (κ3) is 5.67. The van der Waals surface area contributed by atoms with Crippen molar-refractivity contribution < 1.29 is 12.4 Å². The maximum atomic E-state index is 12.2. The van der Waals surface area contributed by atoms with E-state index in [0.29, 0.717) is 12.1 Å². The molecule has 1 heterocycles. The number of nitrogens with one attached hydrogen (secondary N) is 2. The van der Waals surface area contributed by atoms with Gasteiger partial charge < -0.3 is 15.4 Å². The molecule has 0 aromatic heterocycles. The fourth-order valence-electron chi connectivity index (χ4n) is 2.10. The number of hydrogen-bond donors (Lipinski definition) is 3. The molecular formula is C18H30N2O2S. The third-order valence-electron chi connectivity index (χ3n) is 3.35. The molecule has 1 aromatic rings. The Bertz CT molecular complexity index is 573. The highest BCUT2D eigenvalue weighted by atomic mass is 32.1. The lowest BCUT2D eigenvalue weighted by Crippen LogP contribution is -2.43. The van der Waals surface area contributed by atoms with Gasteiger partial charge in [0.05, 0.1) is 12.7 Å². The molecular weight excluding hydrogens is 308 g/mol. The van der Waals surface area contributed by atoms with Crippen LogP contribution in [-0.2, 0) is 11.2 Å². The smallest absolute Gasteiger partial charge is 0.250 e. The molecule has 0 fully saturated rings. The van der Waals surface area contributed by atoms with Gasteiger partial charge in [0.25, 0.3) is 0 Å². The van der Waals surface area contributed by atoms with Crippen molar-refractivity contribution >= 4 is 18.5 Å². The second kappa shape index (κ2) is 9.30. The first kappa shape index (κ1) is 19.2. The minimum absolute atomic E-state index is 0. The van der Waals surface area contributed by atoms with Crippen LogP contribution in [0.5, 0.6) is 5.75 Å². The molecule has 2 N–H and O–H groups in total. The number of carbonyl (C=O) groups excluding carboxylic acids is 1. The highest BCUT2D eigenvalue weighted by molar-refractivity contribution is 7.82. The van der Waals surface area contributed by atoms with E-state index in [4.69, 9.17) is 4.74 Å². The van der Waals surface area contributed by atoms with Gasteiger partial charge in [0.2, 0.25) is 5.91 Å². The van der Waals surface area contributed by atoms with Crippen LogP contribution in [0.25, 0.3) is 0 Å². The van der Waals surface area contributed by atoms with Crippen molar-refractivity contribution in [1.29, 1.82) is 0 Å². The monoisotopic (exact) mass is 338 g/mol. The van der Waals surface area contributed by atoms with Crippen LogP contribution in [0, 0.1) is 0 Å². The van der Waals surface area contributed by atoms with Crippen LogP contribution in [0.15, 0.2) is 48.2 Å². The molecule has 1 amide bonds. The van der Waals surface area contributed by atoms with E-state index in [1.165, 1.54) is 0 Å². The number of rotatable bonds is 5. The Kier molecular flexibility index (Phi) is 7.75. The van der Waals surface area contributed by atoms with Gasteiger partial charge in [-0.15, -0.1) is 12.6 Å². The van der Waals surface area contributed by atoms with E-state index in [2.05, 4.69) is 23.3 Å². The molecule has 0 saturated carbocycles. The van der Waals surface area contributed by atoms with Crippen molar-refractivity contribution in [3.8, 4) is 5.75 Å². The zero-order chi connectivity index (χ0) is 17.3. The summed E-state index contributed by atoms with van der Waals surface area (Å²) in [6.45, 7) is 6.44. The number of methoxy groups -OCH3 is 1. The molecule has 1 aliphatic heterocycles.